The first-order valence-electron chi connectivity index (χ1n) is 9.23. The van der Waals surface area contributed by atoms with Crippen molar-refractivity contribution in [1.29, 1.82) is 0 Å². The molecule has 1 unspecified atom stereocenters. The maximum atomic E-state index is 12.8. The van der Waals surface area contributed by atoms with E-state index in [1.807, 2.05) is 0 Å². The van der Waals surface area contributed by atoms with Gasteiger partial charge in [0.15, 0.2) is 5.78 Å². The Balaban J connectivity index is 2.04. The summed E-state index contributed by atoms with van der Waals surface area (Å²) in [5.74, 6) is -3.34. The van der Waals surface area contributed by atoms with Crippen LogP contribution in [0.2, 0.25) is 0 Å². The first kappa shape index (κ1) is 21.6. The van der Waals surface area contributed by atoms with Gasteiger partial charge in [-0.15, -0.1) is 0 Å². The van der Waals surface area contributed by atoms with Gasteiger partial charge < -0.3 is 15.8 Å². The Morgan fingerprint density at radius 3 is 2.25 bits per heavy atom. The lowest BCUT2D eigenvalue weighted by atomic mass is 9.85. The highest BCUT2D eigenvalue weighted by Gasteiger charge is 2.46. The summed E-state index contributed by atoms with van der Waals surface area (Å²) in [6.07, 6.45) is -0.0197. The summed E-state index contributed by atoms with van der Waals surface area (Å²) in [6, 6.07) is 5.63. The number of amides is 3. The van der Waals surface area contributed by atoms with Crippen LogP contribution in [-0.4, -0.2) is 36.7 Å². The second-order valence-corrected chi connectivity index (χ2v) is 7.40. The molecule has 0 saturated carbocycles. The largest absolute Gasteiger partial charge is 0.497 e. The molecule has 3 amide bonds. The minimum absolute atomic E-state index is 0.0197. The number of ketones is 1. The van der Waals surface area contributed by atoms with Gasteiger partial charge in [0.25, 0.3) is 0 Å². The van der Waals surface area contributed by atoms with Gasteiger partial charge in [-0.1, -0.05) is 32.9 Å². The van der Waals surface area contributed by atoms with E-state index in [0.717, 1.165) is 5.56 Å². The molecule has 1 fully saturated rings. The highest BCUT2D eigenvalue weighted by atomic mass is 16.5. The van der Waals surface area contributed by atoms with Crippen LogP contribution in [0.3, 0.4) is 0 Å². The van der Waals surface area contributed by atoms with E-state index in [4.69, 9.17) is 10.5 Å². The number of hydrogen-bond donors (Lipinski definition) is 3. The average molecular weight is 389 g/mol. The van der Waals surface area contributed by atoms with Crippen LogP contribution in [0, 0.1) is 17.8 Å². The van der Waals surface area contributed by atoms with Crippen molar-refractivity contribution in [3.63, 3.8) is 0 Å². The maximum absolute atomic E-state index is 12.8. The predicted molar refractivity (Wildman–Crippen MR) is 102 cm³/mol. The Hall–Kier alpha value is -2.74. The molecule has 8 heteroatoms. The molecular weight excluding hydrogens is 362 g/mol. The van der Waals surface area contributed by atoms with Crippen molar-refractivity contribution < 1.29 is 23.9 Å². The van der Waals surface area contributed by atoms with Crippen molar-refractivity contribution in [2.75, 3.05) is 7.11 Å². The molecule has 1 aliphatic rings. The number of nitrogens with one attached hydrogen (secondary N) is 2. The number of benzene rings is 1. The molecule has 1 aromatic rings. The topological polar surface area (TPSA) is 128 Å². The minimum atomic E-state index is -1.09. The molecule has 4 atom stereocenters. The van der Waals surface area contributed by atoms with Crippen LogP contribution in [0.1, 0.15) is 38.8 Å². The van der Waals surface area contributed by atoms with E-state index in [-0.39, 0.29) is 12.3 Å². The van der Waals surface area contributed by atoms with E-state index in [1.54, 1.807) is 45.2 Å². The van der Waals surface area contributed by atoms with Crippen molar-refractivity contribution in [2.45, 2.75) is 39.3 Å². The van der Waals surface area contributed by atoms with E-state index in [0.29, 0.717) is 5.75 Å². The highest BCUT2D eigenvalue weighted by molar-refractivity contribution is 6.16. The number of methoxy groups -OCH3 is 1. The van der Waals surface area contributed by atoms with Crippen LogP contribution in [0.5, 0.6) is 5.75 Å². The number of hydrogen-bond acceptors (Lipinski definition) is 6. The Bertz CT molecular complexity index is 760. The van der Waals surface area contributed by atoms with Crippen molar-refractivity contribution >= 4 is 23.5 Å². The summed E-state index contributed by atoms with van der Waals surface area (Å²) < 4.78 is 5.09. The summed E-state index contributed by atoms with van der Waals surface area (Å²) in [5, 5.41) is 4.85. The number of Topliss-reactive ketones (excluding diaryl/α,β-unsaturated/α-hetero) is 1. The van der Waals surface area contributed by atoms with Crippen LogP contribution < -0.4 is 21.1 Å². The first-order valence-corrected chi connectivity index (χ1v) is 9.23. The molecule has 0 aliphatic carbocycles. The summed E-state index contributed by atoms with van der Waals surface area (Å²) in [6.45, 7) is 5.07. The molecule has 1 saturated heterocycles. The summed E-state index contributed by atoms with van der Waals surface area (Å²) in [7, 11) is 1.56. The van der Waals surface area contributed by atoms with Crippen molar-refractivity contribution in [1.82, 2.24) is 10.6 Å². The third-order valence-corrected chi connectivity index (χ3v) is 4.99. The molecule has 2 rings (SSSR count). The van der Waals surface area contributed by atoms with Gasteiger partial charge in [0.1, 0.15) is 11.7 Å². The van der Waals surface area contributed by atoms with E-state index >= 15 is 0 Å². The van der Waals surface area contributed by atoms with Crippen LogP contribution in [0.15, 0.2) is 24.3 Å². The fraction of sp³-hybridized carbons (Fsp3) is 0.500. The number of carbonyl (C=O) groups excluding carboxylic acids is 4. The molecule has 152 valence electrons. The number of imide groups is 1. The molecule has 8 nitrogen and oxygen atoms in total. The SMILES string of the molecule is COc1ccc(C(N)CC(=O)N[C@H](C(=O)[C@@H]2C(=O)NC(=O)[C@H]2C)C(C)C)cc1. The standard InChI is InChI=1S/C20H27N3O5/c1-10(2)17(18(25)16-11(3)19(26)23-20(16)27)22-15(24)9-14(21)12-5-7-13(28-4)8-6-12/h5-8,10-11,14,16-17H,9,21H2,1-4H3,(H,22,24)(H,23,26,27)/t11-,14?,16+,17-/m0/s1. The number of rotatable bonds is 8. The monoisotopic (exact) mass is 389 g/mol. The minimum Gasteiger partial charge on any atom is -0.497 e. The van der Waals surface area contributed by atoms with Gasteiger partial charge >= 0.3 is 0 Å². The van der Waals surface area contributed by atoms with Gasteiger partial charge in [0.2, 0.25) is 17.7 Å². The molecule has 1 aromatic carbocycles. The second-order valence-electron chi connectivity index (χ2n) is 7.40. The van der Waals surface area contributed by atoms with E-state index in [9.17, 15) is 19.2 Å². The molecular formula is C20H27N3O5. The highest BCUT2D eigenvalue weighted by Crippen LogP contribution is 2.24. The zero-order chi connectivity index (χ0) is 21.0. The summed E-state index contributed by atoms with van der Waals surface area (Å²) >= 11 is 0. The molecule has 0 spiro atoms. The van der Waals surface area contributed by atoms with Gasteiger partial charge in [-0.05, 0) is 23.6 Å². The molecule has 0 radical (unpaired) electrons. The molecule has 1 heterocycles. The predicted octanol–water partition coefficient (Wildman–Crippen LogP) is 0.704. The van der Waals surface area contributed by atoms with Gasteiger partial charge in [0.05, 0.1) is 19.1 Å². The number of nitrogens with two attached hydrogens (primary N) is 1. The molecule has 1 aliphatic heterocycles. The van der Waals surface area contributed by atoms with Crippen molar-refractivity contribution in [2.24, 2.45) is 23.5 Å². The number of ether oxygens (including phenoxy) is 1. The smallest absolute Gasteiger partial charge is 0.238 e. The lowest BCUT2D eigenvalue weighted by molar-refractivity contribution is -0.137. The van der Waals surface area contributed by atoms with Crippen LogP contribution in [0.4, 0.5) is 0 Å². The normalized spacial score (nSPS) is 21.2. The quantitative estimate of drug-likeness (QED) is 0.444. The Morgan fingerprint density at radius 2 is 1.79 bits per heavy atom. The van der Waals surface area contributed by atoms with E-state index in [1.165, 1.54) is 6.92 Å². The first-order chi connectivity index (χ1) is 13.1. The summed E-state index contributed by atoms with van der Waals surface area (Å²) in [5.41, 5.74) is 6.87. The van der Waals surface area contributed by atoms with E-state index < -0.39 is 47.4 Å². The lowest BCUT2D eigenvalue weighted by Gasteiger charge is -2.25. The third kappa shape index (κ3) is 4.75. The fourth-order valence-corrected chi connectivity index (χ4v) is 3.23. The van der Waals surface area contributed by atoms with Gasteiger partial charge in [-0.25, -0.2) is 0 Å². The molecule has 0 bridgehead atoms. The fourth-order valence-electron chi connectivity index (χ4n) is 3.23. The van der Waals surface area contributed by atoms with Crippen molar-refractivity contribution in [3.05, 3.63) is 29.8 Å². The molecule has 4 N–H and O–H groups in total. The Morgan fingerprint density at radius 1 is 1.18 bits per heavy atom. The molecule has 0 aromatic heterocycles. The average Bonchev–Trinajstić information content (AvgIpc) is 2.90. The second kappa shape index (κ2) is 8.97. The Labute approximate surface area is 164 Å². The number of carbonyl (C=O) groups is 4. The van der Waals surface area contributed by atoms with Crippen molar-refractivity contribution in [3.8, 4) is 5.75 Å². The van der Waals surface area contributed by atoms with Crippen LogP contribution >= 0.6 is 0 Å². The summed E-state index contributed by atoms with van der Waals surface area (Å²) in [4.78, 5) is 49.0. The van der Waals surface area contributed by atoms with Crippen LogP contribution in [0.25, 0.3) is 0 Å². The van der Waals surface area contributed by atoms with Gasteiger partial charge in [-0.3, -0.25) is 24.5 Å². The zero-order valence-electron chi connectivity index (χ0n) is 16.5. The van der Waals surface area contributed by atoms with Crippen LogP contribution in [-0.2, 0) is 19.2 Å². The van der Waals surface area contributed by atoms with Gasteiger partial charge in [0, 0.05) is 12.5 Å². The van der Waals surface area contributed by atoms with E-state index in [2.05, 4.69) is 10.6 Å². The Kier molecular flexibility index (Phi) is 6.90. The maximum Gasteiger partial charge on any atom is 0.238 e. The zero-order valence-corrected chi connectivity index (χ0v) is 16.5. The third-order valence-electron chi connectivity index (χ3n) is 4.99. The van der Waals surface area contributed by atoms with Gasteiger partial charge in [-0.2, -0.15) is 0 Å². The lowest BCUT2D eigenvalue weighted by Crippen LogP contribution is -2.49. The molecule has 28 heavy (non-hydrogen) atoms.